The Morgan fingerprint density at radius 2 is 2.25 bits per heavy atom. The number of hydrogen-bond donors (Lipinski definition) is 2. The number of nitrogens with zero attached hydrogens (tertiary/aromatic N) is 3. The van der Waals surface area contributed by atoms with Crippen LogP contribution in [0.1, 0.15) is 18.4 Å². The molecule has 0 saturated heterocycles. The van der Waals surface area contributed by atoms with E-state index in [0.717, 1.165) is 18.4 Å². The van der Waals surface area contributed by atoms with E-state index in [1.807, 2.05) is 11.0 Å². The third-order valence-electron chi connectivity index (χ3n) is 4.24. The first-order valence-corrected chi connectivity index (χ1v) is 7.84. The van der Waals surface area contributed by atoms with Gasteiger partial charge in [0.1, 0.15) is 5.82 Å². The van der Waals surface area contributed by atoms with Crippen LogP contribution in [0.15, 0.2) is 43.1 Å². The van der Waals surface area contributed by atoms with E-state index >= 15 is 0 Å². The number of aromatic nitrogens is 2. The number of anilines is 3. The van der Waals surface area contributed by atoms with Gasteiger partial charge in [-0.05, 0) is 37.1 Å². The fourth-order valence-electron chi connectivity index (χ4n) is 2.92. The molecule has 1 aromatic carbocycles. The van der Waals surface area contributed by atoms with Gasteiger partial charge < -0.3 is 10.2 Å². The lowest BCUT2D eigenvalue weighted by Gasteiger charge is -2.35. The molecule has 7 heteroatoms. The lowest BCUT2D eigenvalue weighted by molar-refractivity contribution is -0.111. The highest BCUT2D eigenvalue weighted by Crippen LogP contribution is 2.39. The summed E-state index contributed by atoms with van der Waals surface area (Å²) in [7, 11) is 0. The Bertz CT molecular complexity index is 824. The number of carbonyl (C=O) groups excluding carboxylic acids is 2. The third-order valence-corrected chi connectivity index (χ3v) is 4.24. The van der Waals surface area contributed by atoms with Crippen molar-refractivity contribution in [3.8, 4) is 0 Å². The van der Waals surface area contributed by atoms with Crippen LogP contribution in [0, 0.1) is 0 Å². The van der Waals surface area contributed by atoms with Gasteiger partial charge in [-0.2, -0.15) is 5.10 Å². The van der Waals surface area contributed by atoms with Gasteiger partial charge in [-0.25, -0.2) is 9.69 Å². The number of H-pyrrole nitrogens is 1. The molecule has 7 nitrogen and oxygen atoms in total. The summed E-state index contributed by atoms with van der Waals surface area (Å²) < 4.78 is 0. The zero-order chi connectivity index (χ0) is 16.7. The maximum atomic E-state index is 13.0. The van der Waals surface area contributed by atoms with E-state index in [9.17, 15) is 9.59 Å². The van der Waals surface area contributed by atoms with E-state index in [2.05, 4.69) is 22.1 Å². The number of rotatable bonds is 4. The number of hydrogen-bond acceptors (Lipinski definition) is 3. The summed E-state index contributed by atoms with van der Waals surface area (Å²) in [6.45, 7) is 4.03. The first-order chi connectivity index (χ1) is 11.7. The first kappa shape index (κ1) is 14.5. The molecular weight excluding hydrogens is 306 g/mol. The van der Waals surface area contributed by atoms with Crippen LogP contribution in [0.25, 0.3) is 0 Å². The summed E-state index contributed by atoms with van der Waals surface area (Å²) in [5.41, 5.74) is 2.27. The van der Waals surface area contributed by atoms with E-state index in [0.29, 0.717) is 29.8 Å². The van der Waals surface area contributed by atoms with Gasteiger partial charge in [0.25, 0.3) is 0 Å². The van der Waals surface area contributed by atoms with Crippen molar-refractivity contribution in [3.05, 3.63) is 48.7 Å². The Labute approximate surface area is 138 Å². The van der Waals surface area contributed by atoms with Gasteiger partial charge in [-0.3, -0.25) is 9.89 Å². The fourth-order valence-corrected chi connectivity index (χ4v) is 2.92. The monoisotopic (exact) mass is 323 g/mol. The zero-order valence-corrected chi connectivity index (χ0v) is 13.0. The fraction of sp³-hybridized carbons (Fsp3) is 0.235. The van der Waals surface area contributed by atoms with Crippen molar-refractivity contribution in [2.75, 3.05) is 10.2 Å². The number of aromatic amines is 1. The molecule has 0 atom stereocenters. The van der Waals surface area contributed by atoms with E-state index in [-0.39, 0.29) is 11.9 Å². The molecule has 1 saturated carbocycles. The highest BCUT2D eigenvalue weighted by molar-refractivity contribution is 6.03. The van der Waals surface area contributed by atoms with Crippen molar-refractivity contribution in [1.82, 2.24) is 15.1 Å². The van der Waals surface area contributed by atoms with Crippen molar-refractivity contribution >= 4 is 29.1 Å². The SMILES string of the molecule is C=CC(=O)Nc1cccc(N2C(=O)N(C3CC3)Cc3cn[nH]c32)c1. The Morgan fingerprint density at radius 1 is 1.42 bits per heavy atom. The summed E-state index contributed by atoms with van der Waals surface area (Å²) in [6.07, 6.45) is 5.05. The maximum Gasteiger partial charge on any atom is 0.330 e. The van der Waals surface area contributed by atoms with Crippen LogP contribution in [-0.4, -0.2) is 33.1 Å². The van der Waals surface area contributed by atoms with E-state index < -0.39 is 0 Å². The molecule has 0 bridgehead atoms. The zero-order valence-electron chi connectivity index (χ0n) is 13.0. The number of fused-ring (bicyclic) bond motifs is 1. The van der Waals surface area contributed by atoms with Crippen LogP contribution in [0.4, 0.5) is 22.0 Å². The molecule has 0 radical (unpaired) electrons. The Hall–Kier alpha value is -3.09. The number of benzene rings is 1. The molecule has 0 spiro atoms. The quantitative estimate of drug-likeness (QED) is 0.849. The van der Waals surface area contributed by atoms with E-state index in [1.165, 1.54) is 6.08 Å². The minimum absolute atomic E-state index is 0.0681. The van der Waals surface area contributed by atoms with Gasteiger partial charge >= 0.3 is 6.03 Å². The highest BCUT2D eigenvalue weighted by Gasteiger charge is 2.40. The maximum absolute atomic E-state index is 13.0. The summed E-state index contributed by atoms with van der Waals surface area (Å²) in [5.74, 6) is 0.392. The van der Waals surface area contributed by atoms with Crippen LogP contribution < -0.4 is 10.2 Å². The predicted octanol–water partition coefficient (Wildman–Crippen LogP) is 2.77. The number of nitrogens with one attached hydrogen (secondary N) is 2. The molecule has 2 N–H and O–H groups in total. The second kappa shape index (κ2) is 5.52. The van der Waals surface area contributed by atoms with Crippen LogP contribution in [0.3, 0.4) is 0 Å². The molecule has 0 unspecified atom stereocenters. The Balaban J connectivity index is 1.72. The van der Waals surface area contributed by atoms with Crippen LogP contribution >= 0.6 is 0 Å². The smallest absolute Gasteiger partial charge is 0.322 e. The van der Waals surface area contributed by atoms with Gasteiger partial charge in [0, 0.05) is 17.3 Å². The number of amides is 3. The molecule has 2 aromatic rings. The summed E-state index contributed by atoms with van der Waals surface area (Å²) in [6, 6.07) is 7.41. The lowest BCUT2D eigenvalue weighted by atomic mass is 10.2. The molecule has 2 heterocycles. The molecule has 4 rings (SSSR count). The third kappa shape index (κ3) is 2.44. The average molecular weight is 323 g/mol. The molecule has 24 heavy (non-hydrogen) atoms. The lowest BCUT2D eigenvalue weighted by Crippen LogP contribution is -2.45. The Morgan fingerprint density at radius 3 is 3.00 bits per heavy atom. The normalized spacial score (nSPS) is 16.8. The highest BCUT2D eigenvalue weighted by atomic mass is 16.2. The summed E-state index contributed by atoms with van der Waals surface area (Å²) >= 11 is 0. The van der Waals surface area contributed by atoms with Crippen LogP contribution in [0.5, 0.6) is 0 Å². The first-order valence-electron chi connectivity index (χ1n) is 7.84. The predicted molar refractivity (Wildman–Crippen MR) is 90.0 cm³/mol. The summed E-state index contributed by atoms with van der Waals surface area (Å²) in [5, 5.41) is 9.71. The second-order valence-electron chi connectivity index (χ2n) is 5.96. The minimum atomic E-state index is -0.293. The molecule has 3 amide bonds. The Kier molecular flexibility index (Phi) is 3.34. The van der Waals surface area contributed by atoms with E-state index in [1.54, 1.807) is 29.3 Å². The average Bonchev–Trinajstić information content (AvgIpc) is 3.32. The number of urea groups is 1. The van der Waals surface area contributed by atoms with Gasteiger partial charge in [0.15, 0.2) is 0 Å². The van der Waals surface area contributed by atoms with Gasteiger partial charge in [-0.1, -0.05) is 12.6 Å². The van der Waals surface area contributed by atoms with Crippen molar-refractivity contribution in [2.45, 2.75) is 25.4 Å². The molecule has 2 aliphatic rings. The van der Waals surface area contributed by atoms with Crippen molar-refractivity contribution in [2.24, 2.45) is 0 Å². The van der Waals surface area contributed by atoms with Crippen molar-refractivity contribution in [3.63, 3.8) is 0 Å². The molecular formula is C17H17N5O2. The largest absolute Gasteiger partial charge is 0.330 e. The van der Waals surface area contributed by atoms with E-state index in [4.69, 9.17) is 0 Å². The van der Waals surface area contributed by atoms with Crippen LogP contribution in [0.2, 0.25) is 0 Å². The molecule has 122 valence electrons. The minimum Gasteiger partial charge on any atom is -0.322 e. The molecule has 1 fully saturated rings. The van der Waals surface area contributed by atoms with Gasteiger partial charge in [-0.15, -0.1) is 0 Å². The molecule has 1 aliphatic heterocycles. The van der Waals surface area contributed by atoms with Gasteiger partial charge in [0.2, 0.25) is 5.91 Å². The van der Waals surface area contributed by atoms with Crippen molar-refractivity contribution in [1.29, 1.82) is 0 Å². The molecule has 1 aliphatic carbocycles. The standard InChI is InChI=1S/C17H17N5O2/c1-2-15(23)19-12-4-3-5-14(8-12)22-16-11(9-18-20-16)10-21(17(22)24)13-6-7-13/h2-5,8-9,13H,1,6-7,10H2,(H,18,20)(H,19,23). The van der Waals surface area contributed by atoms with Crippen molar-refractivity contribution < 1.29 is 9.59 Å². The summed E-state index contributed by atoms with van der Waals surface area (Å²) in [4.78, 5) is 28.0. The van der Waals surface area contributed by atoms with Crippen LogP contribution in [-0.2, 0) is 11.3 Å². The topological polar surface area (TPSA) is 81.3 Å². The molecule has 1 aromatic heterocycles. The van der Waals surface area contributed by atoms with Gasteiger partial charge in [0.05, 0.1) is 18.4 Å². The second-order valence-corrected chi connectivity index (χ2v) is 5.96. The number of carbonyl (C=O) groups is 2.